The summed E-state index contributed by atoms with van der Waals surface area (Å²) in [5, 5.41) is 0. The summed E-state index contributed by atoms with van der Waals surface area (Å²) in [5.74, 6) is 0. The second-order valence-electron chi connectivity index (χ2n) is 0.402. The Hall–Kier alpha value is -1.03. The van der Waals surface area contributed by atoms with Crippen LogP contribution in [0.15, 0.2) is 13.2 Å². The fraction of sp³-hybridized carbons (Fsp3) is 0. The van der Waals surface area contributed by atoms with E-state index in [1.54, 1.807) is 0 Å². The van der Waals surface area contributed by atoms with Crippen molar-refractivity contribution in [2.45, 2.75) is 0 Å². The summed E-state index contributed by atoms with van der Waals surface area (Å²) in [6.45, 7) is 6.00. The molecule has 0 aromatic rings. The average Bonchev–Trinajstić information content (AvgIpc) is 1.41. The van der Waals surface area contributed by atoms with E-state index in [0.29, 0.717) is 0 Å². The lowest BCUT2D eigenvalue weighted by Gasteiger charge is -1.62. The van der Waals surface area contributed by atoms with Crippen LogP contribution in [0.3, 0.4) is 0 Å². The Morgan fingerprint density at radius 2 is 1.29 bits per heavy atom. The molecule has 0 atom stereocenters. The molecule has 0 aliphatic heterocycles. The van der Waals surface area contributed by atoms with Crippen LogP contribution in [-0.4, -0.2) is 6.03 Å². The molecule has 2 amide bonds. The Morgan fingerprint density at radius 1 is 1.29 bits per heavy atom. The zero-order valence-electron chi connectivity index (χ0n) is 4.18. The highest BCUT2D eigenvalue weighted by molar-refractivity contribution is 5.69. The highest BCUT2D eigenvalue weighted by Gasteiger charge is 1.60. The number of urea groups is 1. The van der Waals surface area contributed by atoms with Gasteiger partial charge in [0.25, 0.3) is 0 Å². The van der Waals surface area contributed by atoms with Crippen molar-refractivity contribution in [1.82, 2.24) is 6.15 Å². The van der Waals surface area contributed by atoms with Crippen molar-refractivity contribution in [3.05, 3.63) is 13.2 Å². The number of carbonyl (C=O) groups excluding carboxylic acids is 1. The van der Waals surface area contributed by atoms with Crippen LogP contribution in [0.25, 0.3) is 0 Å². The van der Waals surface area contributed by atoms with Crippen molar-refractivity contribution in [2.24, 2.45) is 11.5 Å². The van der Waals surface area contributed by atoms with Gasteiger partial charge >= 0.3 is 6.03 Å². The minimum Gasteiger partial charge on any atom is -0.352 e. The SMILES string of the molecule is C=C.N.NC(N)=O. The summed E-state index contributed by atoms with van der Waals surface area (Å²) < 4.78 is 0. The Balaban J connectivity index is -0.0000000480. The minimum absolute atomic E-state index is 0. The molecule has 44 valence electrons. The van der Waals surface area contributed by atoms with Gasteiger partial charge in [0.2, 0.25) is 0 Å². The Bertz CT molecular complexity index is 41.4. The number of amides is 2. The molecular formula is C3H11N3O. The van der Waals surface area contributed by atoms with Gasteiger partial charge in [0.1, 0.15) is 0 Å². The van der Waals surface area contributed by atoms with E-state index < -0.39 is 6.03 Å². The minimum atomic E-state index is -0.833. The van der Waals surface area contributed by atoms with E-state index in [1.807, 2.05) is 0 Å². The van der Waals surface area contributed by atoms with Crippen LogP contribution in [0.5, 0.6) is 0 Å². The monoisotopic (exact) mass is 105 g/mol. The average molecular weight is 105 g/mol. The maximum atomic E-state index is 9.00. The summed E-state index contributed by atoms with van der Waals surface area (Å²) >= 11 is 0. The van der Waals surface area contributed by atoms with Crippen LogP contribution in [-0.2, 0) is 0 Å². The molecule has 0 aliphatic carbocycles. The zero-order chi connectivity index (χ0) is 5.58. The summed E-state index contributed by atoms with van der Waals surface area (Å²) in [6.07, 6.45) is 0. The first-order valence-corrected chi connectivity index (χ1v) is 1.28. The summed E-state index contributed by atoms with van der Waals surface area (Å²) in [5.41, 5.74) is 8.50. The molecule has 0 rings (SSSR count). The van der Waals surface area contributed by atoms with Gasteiger partial charge in [0.15, 0.2) is 0 Å². The Labute approximate surface area is 42.8 Å². The van der Waals surface area contributed by atoms with Gasteiger partial charge in [-0.15, -0.1) is 13.2 Å². The van der Waals surface area contributed by atoms with Gasteiger partial charge in [-0.3, -0.25) is 0 Å². The molecule has 0 bridgehead atoms. The second kappa shape index (κ2) is 20.2. The molecule has 0 aliphatic rings. The van der Waals surface area contributed by atoms with E-state index in [4.69, 9.17) is 4.79 Å². The second-order valence-corrected chi connectivity index (χ2v) is 0.402. The van der Waals surface area contributed by atoms with Gasteiger partial charge in [-0.2, -0.15) is 0 Å². The maximum absolute atomic E-state index is 9.00. The number of carbonyl (C=O) groups is 1. The highest BCUT2D eigenvalue weighted by Crippen LogP contribution is 1.25. The van der Waals surface area contributed by atoms with Crippen molar-refractivity contribution in [3.8, 4) is 0 Å². The number of hydrogen-bond acceptors (Lipinski definition) is 2. The van der Waals surface area contributed by atoms with Crippen LogP contribution >= 0.6 is 0 Å². The van der Waals surface area contributed by atoms with E-state index in [9.17, 15) is 0 Å². The van der Waals surface area contributed by atoms with E-state index in [-0.39, 0.29) is 6.15 Å². The molecule has 7 N–H and O–H groups in total. The number of rotatable bonds is 0. The standard InChI is InChI=1S/C2H4.CH4N2O.H3N/c1-2;2-1(3)4;/h1-2H2;(H4,2,3,4);1H3. The number of primary amides is 2. The fourth-order valence-electron chi connectivity index (χ4n) is 0. The topological polar surface area (TPSA) is 104 Å². The molecule has 0 spiro atoms. The van der Waals surface area contributed by atoms with Gasteiger partial charge in [0, 0.05) is 0 Å². The highest BCUT2D eigenvalue weighted by atomic mass is 16.2. The van der Waals surface area contributed by atoms with Crippen LogP contribution in [0.2, 0.25) is 0 Å². The Kier molecular flexibility index (Phi) is 48.2. The zero-order valence-corrected chi connectivity index (χ0v) is 4.18. The van der Waals surface area contributed by atoms with Crippen molar-refractivity contribution < 1.29 is 4.79 Å². The van der Waals surface area contributed by atoms with Gasteiger partial charge < -0.3 is 17.6 Å². The van der Waals surface area contributed by atoms with Crippen LogP contribution in [0.1, 0.15) is 0 Å². The molecule has 0 fully saturated rings. The molecule has 0 aromatic carbocycles. The van der Waals surface area contributed by atoms with Crippen LogP contribution < -0.4 is 17.6 Å². The lowest BCUT2D eigenvalue weighted by Crippen LogP contribution is -2.18. The molecule has 4 nitrogen and oxygen atoms in total. The van der Waals surface area contributed by atoms with Crippen molar-refractivity contribution in [2.75, 3.05) is 0 Å². The molecular weight excluding hydrogens is 94.1 g/mol. The predicted molar refractivity (Wildman–Crippen MR) is 30.0 cm³/mol. The van der Waals surface area contributed by atoms with Crippen molar-refractivity contribution in [1.29, 1.82) is 0 Å². The first-order chi connectivity index (χ1) is 2.73. The Morgan fingerprint density at radius 3 is 1.29 bits per heavy atom. The first-order valence-electron chi connectivity index (χ1n) is 1.28. The van der Waals surface area contributed by atoms with Gasteiger partial charge in [-0.25, -0.2) is 4.79 Å². The third-order valence-electron chi connectivity index (χ3n) is 0. The van der Waals surface area contributed by atoms with Gasteiger partial charge in [0.05, 0.1) is 0 Å². The molecule has 7 heavy (non-hydrogen) atoms. The maximum Gasteiger partial charge on any atom is 0.309 e. The van der Waals surface area contributed by atoms with E-state index in [0.717, 1.165) is 0 Å². The number of nitrogens with two attached hydrogens (primary N) is 2. The molecule has 0 radical (unpaired) electrons. The summed E-state index contributed by atoms with van der Waals surface area (Å²) in [4.78, 5) is 9.00. The fourth-order valence-corrected chi connectivity index (χ4v) is 0. The lowest BCUT2D eigenvalue weighted by atomic mass is 11.2. The van der Waals surface area contributed by atoms with Crippen LogP contribution in [0.4, 0.5) is 4.79 Å². The predicted octanol–water partition coefficient (Wildman–Crippen LogP) is -0.0120. The normalized spacial score (nSPS) is 4.00. The molecule has 0 unspecified atom stereocenters. The van der Waals surface area contributed by atoms with Crippen molar-refractivity contribution >= 4 is 6.03 Å². The molecule has 0 saturated heterocycles. The molecule has 0 saturated carbocycles. The lowest BCUT2D eigenvalue weighted by molar-refractivity contribution is 0.256. The number of hydrogen-bond donors (Lipinski definition) is 3. The van der Waals surface area contributed by atoms with E-state index in [2.05, 4.69) is 24.6 Å². The quantitative estimate of drug-likeness (QED) is 0.377. The molecule has 0 aromatic heterocycles. The third-order valence-corrected chi connectivity index (χ3v) is 0. The molecule has 4 heteroatoms. The van der Waals surface area contributed by atoms with Gasteiger partial charge in [-0.1, -0.05) is 0 Å². The van der Waals surface area contributed by atoms with E-state index in [1.165, 1.54) is 0 Å². The van der Waals surface area contributed by atoms with Crippen LogP contribution in [0, 0.1) is 0 Å². The molecule has 0 heterocycles. The van der Waals surface area contributed by atoms with E-state index >= 15 is 0 Å². The smallest absolute Gasteiger partial charge is 0.309 e. The first kappa shape index (κ1) is 16.7. The third kappa shape index (κ3) is 41.3. The summed E-state index contributed by atoms with van der Waals surface area (Å²) in [6, 6.07) is -0.833. The van der Waals surface area contributed by atoms with Crippen molar-refractivity contribution in [3.63, 3.8) is 0 Å². The van der Waals surface area contributed by atoms with Gasteiger partial charge in [-0.05, 0) is 0 Å². The summed E-state index contributed by atoms with van der Waals surface area (Å²) in [7, 11) is 0. The largest absolute Gasteiger partial charge is 0.352 e.